The SMILES string of the molecule is Fc1ccc(Cl)c(C[SiH3])c1. The Morgan fingerprint density at radius 3 is 2.70 bits per heavy atom. The van der Waals surface area contributed by atoms with E-state index >= 15 is 0 Å². The molecule has 0 aliphatic carbocycles. The van der Waals surface area contributed by atoms with Crippen molar-refractivity contribution in [2.24, 2.45) is 0 Å². The molecule has 0 nitrogen and oxygen atoms in total. The van der Waals surface area contributed by atoms with Gasteiger partial charge in [0.05, 0.1) is 0 Å². The summed E-state index contributed by atoms with van der Waals surface area (Å²) in [4.78, 5) is 0. The molecule has 0 aromatic heterocycles. The predicted molar refractivity (Wildman–Crippen MR) is 45.1 cm³/mol. The largest absolute Gasteiger partial charge is 0.207 e. The van der Waals surface area contributed by atoms with Gasteiger partial charge in [0.1, 0.15) is 5.82 Å². The summed E-state index contributed by atoms with van der Waals surface area (Å²) in [7, 11) is 1.02. The lowest BCUT2D eigenvalue weighted by Crippen LogP contribution is -1.86. The molecule has 1 aromatic carbocycles. The summed E-state index contributed by atoms with van der Waals surface area (Å²) >= 11 is 5.75. The molecule has 0 saturated carbocycles. The van der Waals surface area contributed by atoms with E-state index in [1.165, 1.54) is 12.1 Å². The van der Waals surface area contributed by atoms with Crippen LogP contribution in [0.4, 0.5) is 4.39 Å². The van der Waals surface area contributed by atoms with Crippen LogP contribution in [0.25, 0.3) is 0 Å². The Labute approximate surface area is 67.4 Å². The third-order valence-electron chi connectivity index (χ3n) is 1.39. The van der Waals surface area contributed by atoms with Gasteiger partial charge in [-0.15, -0.1) is 0 Å². The van der Waals surface area contributed by atoms with Gasteiger partial charge in [-0.3, -0.25) is 0 Å². The summed E-state index contributed by atoms with van der Waals surface area (Å²) < 4.78 is 12.5. The van der Waals surface area contributed by atoms with Gasteiger partial charge in [-0.05, 0) is 29.8 Å². The van der Waals surface area contributed by atoms with Gasteiger partial charge in [0.15, 0.2) is 0 Å². The maximum atomic E-state index is 12.5. The van der Waals surface area contributed by atoms with Crippen molar-refractivity contribution in [1.29, 1.82) is 0 Å². The van der Waals surface area contributed by atoms with Crippen molar-refractivity contribution in [1.82, 2.24) is 0 Å². The van der Waals surface area contributed by atoms with Crippen molar-refractivity contribution in [3.8, 4) is 0 Å². The van der Waals surface area contributed by atoms with Crippen LogP contribution < -0.4 is 0 Å². The first-order chi connectivity index (χ1) is 4.74. The van der Waals surface area contributed by atoms with E-state index in [-0.39, 0.29) is 5.82 Å². The smallest absolute Gasteiger partial charge is 0.123 e. The summed E-state index contributed by atoms with van der Waals surface area (Å²) in [5.41, 5.74) is 0.924. The second kappa shape index (κ2) is 3.17. The van der Waals surface area contributed by atoms with E-state index in [4.69, 9.17) is 11.6 Å². The molecule has 0 fully saturated rings. The van der Waals surface area contributed by atoms with Gasteiger partial charge >= 0.3 is 0 Å². The Morgan fingerprint density at radius 2 is 2.20 bits per heavy atom. The average molecular weight is 175 g/mol. The van der Waals surface area contributed by atoms with E-state index in [0.29, 0.717) is 5.02 Å². The van der Waals surface area contributed by atoms with Crippen molar-refractivity contribution in [2.75, 3.05) is 0 Å². The van der Waals surface area contributed by atoms with Crippen molar-refractivity contribution in [3.63, 3.8) is 0 Å². The fourth-order valence-electron chi connectivity index (χ4n) is 0.814. The van der Waals surface area contributed by atoms with Crippen LogP contribution in [0.2, 0.25) is 5.02 Å². The van der Waals surface area contributed by atoms with E-state index in [1.54, 1.807) is 6.07 Å². The van der Waals surface area contributed by atoms with Crippen LogP contribution >= 0.6 is 11.6 Å². The molecule has 0 saturated heterocycles. The van der Waals surface area contributed by atoms with Gasteiger partial charge in [0.2, 0.25) is 0 Å². The zero-order valence-corrected chi connectivity index (χ0v) is 8.45. The van der Waals surface area contributed by atoms with Crippen molar-refractivity contribution >= 4 is 21.8 Å². The molecular weight excluding hydrogens is 167 g/mol. The molecule has 10 heavy (non-hydrogen) atoms. The van der Waals surface area contributed by atoms with Crippen molar-refractivity contribution in [3.05, 3.63) is 34.6 Å². The maximum Gasteiger partial charge on any atom is 0.123 e. The zero-order chi connectivity index (χ0) is 7.56. The lowest BCUT2D eigenvalue weighted by atomic mass is 10.2. The predicted octanol–water partition coefficient (Wildman–Crippen LogP) is 1.34. The molecule has 0 N–H and O–H groups in total. The summed E-state index contributed by atoms with van der Waals surface area (Å²) in [5.74, 6) is -0.199. The minimum atomic E-state index is -0.199. The third-order valence-corrected chi connectivity index (χ3v) is 2.52. The topological polar surface area (TPSA) is 0 Å². The minimum Gasteiger partial charge on any atom is -0.207 e. The highest BCUT2D eigenvalue weighted by Gasteiger charge is 1.97. The molecule has 0 heterocycles. The minimum absolute atomic E-state index is 0.199. The van der Waals surface area contributed by atoms with Gasteiger partial charge in [-0.25, -0.2) is 4.39 Å². The number of halogens is 2. The number of benzene rings is 1. The quantitative estimate of drug-likeness (QED) is 0.564. The molecule has 0 unspecified atom stereocenters. The van der Waals surface area contributed by atoms with Crippen LogP contribution in [0, 0.1) is 5.82 Å². The molecule has 0 aliphatic rings. The average Bonchev–Trinajstić information content (AvgIpc) is 1.94. The number of hydrogen-bond acceptors (Lipinski definition) is 0. The van der Waals surface area contributed by atoms with Crippen molar-refractivity contribution < 1.29 is 4.39 Å². The second-order valence-electron chi connectivity index (χ2n) is 2.09. The van der Waals surface area contributed by atoms with Crippen molar-refractivity contribution in [2.45, 2.75) is 6.04 Å². The Hall–Kier alpha value is -0.343. The molecule has 0 radical (unpaired) electrons. The molecule has 0 bridgehead atoms. The Balaban J connectivity index is 3.09. The molecule has 0 amide bonds. The fourth-order valence-corrected chi connectivity index (χ4v) is 1.87. The van der Waals surface area contributed by atoms with Crippen LogP contribution in [-0.2, 0) is 6.04 Å². The lowest BCUT2D eigenvalue weighted by molar-refractivity contribution is 0.626. The van der Waals surface area contributed by atoms with E-state index < -0.39 is 0 Å². The van der Waals surface area contributed by atoms with E-state index in [1.807, 2.05) is 0 Å². The normalized spacial score (nSPS) is 10.2. The fraction of sp³-hybridized carbons (Fsp3) is 0.143. The van der Waals surface area contributed by atoms with Crippen LogP contribution in [0.5, 0.6) is 0 Å². The molecular formula is C7H8ClFSi. The van der Waals surface area contributed by atoms with E-state index in [0.717, 1.165) is 21.9 Å². The molecule has 1 aromatic rings. The summed E-state index contributed by atoms with van der Waals surface area (Å²) in [6.07, 6.45) is 0. The first-order valence-electron chi connectivity index (χ1n) is 3.18. The highest BCUT2D eigenvalue weighted by molar-refractivity contribution is 6.31. The van der Waals surface area contributed by atoms with Gasteiger partial charge < -0.3 is 0 Å². The number of hydrogen-bond donors (Lipinski definition) is 0. The highest BCUT2D eigenvalue weighted by Crippen LogP contribution is 2.16. The molecule has 0 spiro atoms. The Kier molecular flexibility index (Phi) is 2.46. The summed E-state index contributed by atoms with van der Waals surface area (Å²) in [6, 6.07) is 5.39. The Morgan fingerprint density at radius 1 is 1.50 bits per heavy atom. The molecule has 54 valence electrons. The van der Waals surface area contributed by atoms with E-state index in [9.17, 15) is 4.39 Å². The molecule has 0 atom stereocenters. The lowest BCUT2D eigenvalue weighted by Gasteiger charge is -1.98. The molecule has 1 rings (SSSR count). The van der Waals surface area contributed by atoms with Crippen LogP contribution in [-0.4, -0.2) is 10.2 Å². The van der Waals surface area contributed by atoms with Gasteiger partial charge in [0, 0.05) is 15.3 Å². The van der Waals surface area contributed by atoms with Gasteiger partial charge in [-0.2, -0.15) is 0 Å². The van der Waals surface area contributed by atoms with Crippen LogP contribution in [0.3, 0.4) is 0 Å². The standard InChI is InChI=1S/C7H8ClFSi/c8-7-2-1-6(9)3-5(7)4-10/h1-3H,4H2,10H3. The molecule has 3 heteroatoms. The van der Waals surface area contributed by atoms with Gasteiger partial charge in [0.25, 0.3) is 0 Å². The molecule has 0 aliphatic heterocycles. The second-order valence-corrected chi connectivity index (χ2v) is 3.20. The number of rotatable bonds is 1. The summed E-state index contributed by atoms with van der Waals surface area (Å²) in [6.45, 7) is 0. The summed E-state index contributed by atoms with van der Waals surface area (Å²) in [5, 5.41) is 0.677. The van der Waals surface area contributed by atoms with Gasteiger partial charge in [-0.1, -0.05) is 11.6 Å². The third kappa shape index (κ3) is 1.58. The first-order valence-corrected chi connectivity index (χ1v) is 4.97. The first kappa shape index (κ1) is 7.76. The van der Waals surface area contributed by atoms with E-state index in [2.05, 4.69) is 0 Å². The Bertz CT molecular complexity index is 237. The highest BCUT2D eigenvalue weighted by atomic mass is 35.5. The van der Waals surface area contributed by atoms with Crippen LogP contribution in [0.1, 0.15) is 5.56 Å². The van der Waals surface area contributed by atoms with Crippen LogP contribution in [0.15, 0.2) is 18.2 Å². The maximum absolute atomic E-state index is 12.5. The monoisotopic (exact) mass is 174 g/mol. The zero-order valence-electron chi connectivity index (χ0n) is 5.70.